The van der Waals surface area contributed by atoms with Gasteiger partial charge in [0.15, 0.2) is 0 Å². The van der Waals surface area contributed by atoms with E-state index in [4.69, 9.17) is 0 Å². The number of carbonyl (C=O) groups excluding carboxylic acids is 1. The predicted molar refractivity (Wildman–Crippen MR) is 90.6 cm³/mol. The Morgan fingerprint density at radius 2 is 2.19 bits per heavy atom. The van der Waals surface area contributed by atoms with Gasteiger partial charge in [0.1, 0.15) is 0 Å². The molecule has 0 aliphatic carbocycles. The summed E-state index contributed by atoms with van der Waals surface area (Å²) in [4.78, 5) is 12.4. The lowest BCUT2D eigenvalue weighted by Crippen LogP contribution is -2.42. The Morgan fingerprint density at radius 3 is 2.81 bits per heavy atom. The largest absolute Gasteiger partial charge is 0.349 e. The second-order valence-corrected chi connectivity index (χ2v) is 7.23. The summed E-state index contributed by atoms with van der Waals surface area (Å²) >= 11 is 1.93. The van der Waals surface area contributed by atoms with Crippen molar-refractivity contribution in [1.82, 2.24) is 10.6 Å². The summed E-state index contributed by atoms with van der Waals surface area (Å²) < 4.78 is 0. The molecule has 1 saturated heterocycles. The van der Waals surface area contributed by atoms with E-state index in [2.05, 4.69) is 43.5 Å². The molecule has 1 aromatic carbocycles. The molecule has 2 rings (SSSR count). The molecule has 0 saturated carbocycles. The maximum atomic E-state index is 12.4. The summed E-state index contributed by atoms with van der Waals surface area (Å²) in [5.74, 6) is 2.71. The number of hydrogen-bond donors (Lipinski definition) is 2. The van der Waals surface area contributed by atoms with E-state index >= 15 is 0 Å². The van der Waals surface area contributed by atoms with Crippen molar-refractivity contribution in [3.8, 4) is 0 Å². The van der Waals surface area contributed by atoms with Gasteiger partial charge in [-0.15, -0.1) is 0 Å². The van der Waals surface area contributed by atoms with E-state index in [-0.39, 0.29) is 11.9 Å². The van der Waals surface area contributed by atoms with Crippen LogP contribution in [0.4, 0.5) is 0 Å². The van der Waals surface area contributed by atoms with Gasteiger partial charge in [0.25, 0.3) is 0 Å². The molecule has 0 spiro atoms. The Morgan fingerprint density at radius 1 is 1.43 bits per heavy atom. The Labute approximate surface area is 132 Å². The van der Waals surface area contributed by atoms with Gasteiger partial charge in [-0.2, -0.15) is 11.8 Å². The van der Waals surface area contributed by atoms with E-state index in [1.54, 1.807) is 0 Å². The SMILES string of the molecule is Cc1ccccc1C(NC(=O)CC1CSCCN1)C(C)C. The van der Waals surface area contributed by atoms with Crippen molar-refractivity contribution >= 4 is 17.7 Å². The highest BCUT2D eigenvalue weighted by molar-refractivity contribution is 7.99. The molecule has 1 fully saturated rings. The minimum absolute atomic E-state index is 0.0925. The Hall–Kier alpha value is -1.000. The smallest absolute Gasteiger partial charge is 0.222 e. The Kier molecular flexibility index (Phi) is 6.12. The molecule has 4 heteroatoms. The fourth-order valence-electron chi connectivity index (χ4n) is 2.75. The van der Waals surface area contributed by atoms with Crippen LogP contribution in [0.3, 0.4) is 0 Å². The molecule has 1 aromatic rings. The zero-order valence-corrected chi connectivity index (χ0v) is 14.0. The average molecular weight is 306 g/mol. The summed E-state index contributed by atoms with van der Waals surface area (Å²) in [5.41, 5.74) is 2.47. The van der Waals surface area contributed by atoms with Gasteiger partial charge in [0.05, 0.1) is 6.04 Å². The Balaban J connectivity index is 1.99. The third-order valence-corrected chi connectivity index (χ3v) is 5.07. The summed E-state index contributed by atoms with van der Waals surface area (Å²) in [7, 11) is 0. The molecule has 1 amide bonds. The number of nitrogens with one attached hydrogen (secondary N) is 2. The monoisotopic (exact) mass is 306 g/mol. The molecule has 116 valence electrons. The fourth-order valence-corrected chi connectivity index (χ4v) is 3.70. The Bertz CT molecular complexity index is 470. The van der Waals surface area contributed by atoms with Crippen LogP contribution in [0, 0.1) is 12.8 Å². The topological polar surface area (TPSA) is 41.1 Å². The maximum Gasteiger partial charge on any atom is 0.222 e. The highest BCUT2D eigenvalue weighted by atomic mass is 32.2. The number of carbonyl (C=O) groups is 1. The molecule has 2 N–H and O–H groups in total. The lowest BCUT2D eigenvalue weighted by atomic mass is 9.92. The number of aryl methyl sites for hydroxylation is 1. The first-order valence-electron chi connectivity index (χ1n) is 7.74. The van der Waals surface area contributed by atoms with Crippen molar-refractivity contribution in [3.63, 3.8) is 0 Å². The first-order valence-corrected chi connectivity index (χ1v) is 8.89. The van der Waals surface area contributed by atoms with Crippen LogP contribution in [0.15, 0.2) is 24.3 Å². The molecule has 0 aromatic heterocycles. The van der Waals surface area contributed by atoms with Gasteiger partial charge < -0.3 is 10.6 Å². The van der Waals surface area contributed by atoms with Crippen LogP contribution < -0.4 is 10.6 Å². The molecule has 1 aliphatic heterocycles. The third kappa shape index (κ3) is 4.75. The van der Waals surface area contributed by atoms with Gasteiger partial charge in [0, 0.05) is 30.5 Å². The molecule has 0 radical (unpaired) electrons. The molecule has 21 heavy (non-hydrogen) atoms. The molecule has 1 aliphatic rings. The maximum absolute atomic E-state index is 12.4. The van der Waals surface area contributed by atoms with E-state index in [9.17, 15) is 4.79 Å². The van der Waals surface area contributed by atoms with Crippen LogP contribution in [0.2, 0.25) is 0 Å². The molecule has 3 nitrogen and oxygen atoms in total. The highest BCUT2D eigenvalue weighted by Crippen LogP contribution is 2.24. The average Bonchev–Trinajstić information content (AvgIpc) is 2.46. The van der Waals surface area contributed by atoms with E-state index in [1.807, 2.05) is 23.9 Å². The first-order chi connectivity index (χ1) is 10.1. The predicted octanol–water partition coefficient (Wildman–Crippen LogP) is 2.90. The van der Waals surface area contributed by atoms with Crippen molar-refractivity contribution in [2.24, 2.45) is 5.92 Å². The molecule has 0 bridgehead atoms. The fraction of sp³-hybridized carbons (Fsp3) is 0.588. The lowest BCUT2D eigenvalue weighted by molar-refractivity contribution is -0.122. The number of amides is 1. The van der Waals surface area contributed by atoms with Gasteiger partial charge in [0.2, 0.25) is 5.91 Å². The second-order valence-electron chi connectivity index (χ2n) is 6.08. The molecule has 2 atom stereocenters. The van der Waals surface area contributed by atoms with Crippen molar-refractivity contribution in [2.45, 2.75) is 39.3 Å². The minimum Gasteiger partial charge on any atom is -0.349 e. The van der Waals surface area contributed by atoms with Crippen LogP contribution in [-0.4, -0.2) is 30.0 Å². The van der Waals surface area contributed by atoms with E-state index in [0.717, 1.165) is 18.1 Å². The third-order valence-electron chi connectivity index (χ3n) is 3.94. The first kappa shape index (κ1) is 16.4. The van der Waals surface area contributed by atoms with Gasteiger partial charge in [-0.1, -0.05) is 38.1 Å². The van der Waals surface area contributed by atoms with Crippen molar-refractivity contribution in [3.05, 3.63) is 35.4 Å². The lowest BCUT2D eigenvalue weighted by Gasteiger charge is -2.27. The summed E-state index contributed by atoms with van der Waals surface area (Å²) in [5, 5.41) is 6.65. The molecule has 1 heterocycles. The quantitative estimate of drug-likeness (QED) is 0.879. The van der Waals surface area contributed by atoms with Crippen LogP contribution in [0.25, 0.3) is 0 Å². The molecular weight excluding hydrogens is 280 g/mol. The van der Waals surface area contributed by atoms with Gasteiger partial charge in [-0.3, -0.25) is 4.79 Å². The van der Waals surface area contributed by atoms with Crippen LogP contribution >= 0.6 is 11.8 Å². The van der Waals surface area contributed by atoms with Crippen molar-refractivity contribution in [1.29, 1.82) is 0 Å². The number of hydrogen-bond acceptors (Lipinski definition) is 3. The van der Waals surface area contributed by atoms with Crippen molar-refractivity contribution < 1.29 is 4.79 Å². The zero-order valence-electron chi connectivity index (χ0n) is 13.2. The zero-order chi connectivity index (χ0) is 15.2. The van der Waals surface area contributed by atoms with Crippen molar-refractivity contribution in [2.75, 3.05) is 18.1 Å². The minimum atomic E-state index is 0.0925. The highest BCUT2D eigenvalue weighted by Gasteiger charge is 2.22. The standard InChI is InChI=1S/C17H26N2OS/c1-12(2)17(15-7-5-4-6-13(15)3)19-16(20)10-14-11-21-9-8-18-14/h4-7,12,14,17-18H,8-11H2,1-3H3,(H,19,20). The normalized spacial score (nSPS) is 20.3. The number of rotatable bonds is 5. The number of benzene rings is 1. The molecule has 2 unspecified atom stereocenters. The van der Waals surface area contributed by atoms with E-state index < -0.39 is 0 Å². The van der Waals surface area contributed by atoms with Gasteiger partial charge in [-0.25, -0.2) is 0 Å². The summed E-state index contributed by atoms with van der Waals surface area (Å²) in [6.07, 6.45) is 0.572. The van der Waals surface area contributed by atoms with E-state index in [0.29, 0.717) is 18.4 Å². The van der Waals surface area contributed by atoms with Crippen LogP contribution in [0.5, 0.6) is 0 Å². The van der Waals surface area contributed by atoms with E-state index in [1.165, 1.54) is 11.1 Å². The van der Waals surface area contributed by atoms with Crippen LogP contribution in [0.1, 0.15) is 37.4 Å². The van der Waals surface area contributed by atoms with Crippen LogP contribution in [-0.2, 0) is 4.79 Å². The van der Waals surface area contributed by atoms with Gasteiger partial charge in [-0.05, 0) is 24.0 Å². The number of thioether (sulfide) groups is 1. The second kappa shape index (κ2) is 7.85. The van der Waals surface area contributed by atoms with Gasteiger partial charge >= 0.3 is 0 Å². The summed E-state index contributed by atoms with van der Waals surface area (Å²) in [6.45, 7) is 7.43. The summed E-state index contributed by atoms with van der Waals surface area (Å²) in [6, 6.07) is 8.72. The molecular formula is C17H26N2OS.